The van der Waals surface area contributed by atoms with Gasteiger partial charge in [-0.2, -0.15) is 4.99 Å². The fraction of sp³-hybridized carbons (Fsp3) is 0.167. The van der Waals surface area contributed by atoms with Gasteiger partial charge in [0, 0.05) is 5.92 Å². The third kappa shape index (κ3) is 2.99. The number of benzene rings is 2. The standard InChI is InChI=1S/C18H15NO4/c1-22-17(20)10-19-18(21)23-11-16-14-8-4-2-6-12(14)13-7-3-5-9-15(13)16/h2-10,16H,11H2,1H3/b19-10+. The second-order valence-electron chi connectivity index (χ2n) is 5.09. The fourth-order valence-electron chi connectivity index (χ4n) is 2.79. The van der Waals surface area contributed by atoms with Crippen LogP contribution in [0.25, 0.3) is 11.1 Å². The van der Waals surface area contributed by atoms with Crippen molar-refractivity contribution in [2.75, 3.05) is 13.7 Å². The summed E-state index contributed by atoms with van der Waals surface area (Å²) in [4.78, 5) is 25.9. The minimum Gasteiger partial charge on any atom is -0.465 e. The SMILES string of the molecule is COC(=O)/C=N/C(=O)OCC1c2ccccc2-c2ccccc21. The Hall–Kier alpha value is -2.95. The predicted molar refractivity (Wildman–Crippen MR) is 85.6 cm³/mol. The molecular formula is C18H15NO4. The fourth-order valence-corrected chi connectivity index (χ4v) is 2.79. The van der Waals surface area contributed by atoms with Crippen LogP contribution in [0.1, 0.15) is 17.0 Å². The number of carbonyl (C=O) groups excluding carboxylic acids is 2. The zero-order chi connectivity index (χ0) is 16.2. The van der Waals surface area contributed by atoms with E-state index in [-0.39, 0.29) is 12.5 Å². The number of nitrogens with zero attached hydrogens (tertiary/aromatic N) is 1. The molecule has 0 heterocycles. The van der Waals surface area contributed by atoms with E-state index in [0.29, 0.717) is 0 Å². The highest BCUT2D eigenvalue weighted by Crippen LogP contribution is 2.44. The van der Waals surface area contributed by atoms with Crippen molar-refractivity contribution in [3.63, 3.8) is 0 Å². The molecule has 0 bridgehead atoms. The molecule has 0 saturated heterocycles. The number of amides is 1. The number of ether oxygens (including phenoxy) is 2. The molecule has 0 radical (unpaired) electrons. The van der Waals surface area contributed by atoms with Gasteiger partial charge >= 0.3 is 12.1 Å². The first-order valence-corrected chi connectivity index (χ1v) is 7.17. The number of methoxy groups -OCH3 is 1. The van der Waals surface area contributed by atoms with Crippen LogP contribution in [-0.2, 0) is 14.3 Å². The monoisotopic (exact) mass is 309 g/mol. The molecule has 5 heteroatoms. The van der Waals surface area contributed by atoms with Crippen LogP contribution in [0.2, 0.25) is 0 Å². The van der Waals surface area contributed by atoms with Gasteiger partial charge in [-0.25, -0.2) is 9.59 Å². The maximum Gasteiger partial charge on any atom is 0.433 e. The van der Waals surface area contributed by atoms with Gasteiger partial charge in [0.2, 0.25) is 0 Å². The first-order valence-electron chi connectivity index (χ1n) is 7.17. The van der Waals surface area contributed by atoms with E-state index in [9.17, 15) is 9.59 Å². The van der Waals surface area contributed by atoms with Crippen LogP contribution < -0.4 is 0 Å². The van der Waals surface area contributed by atoms with Crippen molar-refractivity contribution in [2.24, 2.45) is 4.99 Å². The van der Waals surface area contributed by atoms with Crippen molar-refractivity contribution in [2.45, 2.75) is 5.92 Å². The first kappa shape index (κ1) is 15.0. The Morgan fingerprint density at radius 2 is 1.61 bits per heavy atom. The average Bonchev–Trinajstić information content (AvgIpc) is 2.92. The average molecular weight is 309 g/mol. The summed E-state index contributed by atoms with van der Waals surface area (Å²) in [5.74, 6) is -0.724. The zero-order valence-electron chi connectivity index (χ0n) is 12.6. The minimum absolute atomic E-state index is 0.0281. The molecule has 0 N–H and O–H groups in total. The van der Waals surface area contributed by atoms with Crippen molar-refractivity contribution in [1.82, 2.24) is 0 Å². The summed E-state index contributed by atoms with van der Waals surface area (Å²) in [6, 6.07) is 16.1. The molecule has 5 nitrogen and oxygen atoms in total. The number of esters is 1. The summed E-state index contributed by atoms with van der Waals surface area (Å²) in [6.07, 6.45) is -0.00365. The van der Waals surface area contributed by atoms with Gasteiger partial charge in [-0.1, -0.05) is 48.5 Å². The van der Waals surface area contributed by atoms with E-state index >= 15 is 0 Å². The van der Waals surface area contributed by atoms with Gasteiger partial charge in [-0.05, 0) is 22.3 Å². The van der Waals surface area contributed by atoms with Crippen molar-refractivity contribution in [1.29, 1.82) is 0 Å². The lowest BCUT2D eigenvalue weighted by atomic mass is 9.98. The van der Waals surface area contributed by atoms with Crippen LogP contribution in [0, 0.1) is 0 Å². The van der Waals surface area contributed by atoms with Crippen molar-refractivity contribution in [3.8, 4) is 11.1 Å². The lowest BCUT2D eigenvalue weighted by molar-refractivity contribution is -0.132. The molecule has 0 aliphatic heterocycles. The summed E-state index contributed by atoms with van der Waals surface area (Å²) in [6.45, 7) is 0.172. The molecule has 0 spiro atoms. The van der Waals surface area contributed by atoms with Crippen LogP contribution in [-0.4, -0.2) is 32.0 Å². The lowest BCUT2D eigenvalue weighted by Crippen LogP contribution is -2.11. The van der Waals surface area contributed by atoms with E-state index in [1.165, 1.54) is 7.11 Å². The molecule has 0 unspecified atom stereocenters. The third-order valence-corrected chi connectivity index (χ3v) is 3.81. The quantitative estimate of drug-likeness (QED) is 0.645. The molecule has 1 amide bonds. The van der Waals surface area contributed by atoms with Crippen LogP contribution >= 0.6 is 0 Å². The highest BCUT2D eigenvalue weighted by atomic mass is 16.5. The maximum absolute atomic E-state index is 11.6. The first-order chi connectivity index (χ1) is 11.2. The second-order valence-corrected chi connectivity index (χ2v) is 5.09. The van der Waals surface area contributed by atoms with Gasteiger partial charge in [0.25, 0.3) is 0 Å². The van der Waals surface area contributed by atoms with Crippen LogP contribution in [0.5, 0.6) is 0 Å². The normalized spacial score (nSPS) is 12.7. The molecule has 2 aromatic carbocycles. The number of aliphatic imine (C=N–C) groups is 1. The zero-order valence-corrected chi connectivity index (χ0v) is 12.6. The lowest BCUT2D eigenvalue weighted by Gasteiger charge is -2.12. The van der Waals surface area contributed by atoms with Crippen LogP contribution in [0.4, 0.5) is 4.79 Å². The smallest absolute Gasteiger partial charge is 0.433 e. The van der Waals surface area contributed by atoms with E-state index in [0.717, 1.165) is 28.5 Å². The van der Waals surface area contributed by atoms with Crippen LogP contribution in [0.3, 0.4) is 0 Å². The van der Waals surface area contributed by atoms with Crippen LogP contribution in [0.15, 0.2) is 53.5 Å². The number of hydrogen-bond acceptors (Lipinski definition) is 4. The van der Waals surface area contributed by atoms with Crippen molar-refractivity contribution < 1.29 is 19.1 Å². The molecule has 0 saturated carbocycles. The van der Waals surface area contributed by atoms with Crippen molar-refractivity contribution >= 4 is 18.3 Å². The molecule has 23 heavy (non-hydrogen) atoms. The molecular weight excluding hydrogens is 294 g/mol. The van der Waals surface area contributed by atoms with E-state index in [1.807, 2.05) is 36.4 Å². The van der Waals surface area contributed by atoms with Gasteiger partial charge in [0.1, 0.15) is 12.8 Å². The Morgan fingerprint density at radius 3 is 2.17 bits per heavy atom. The third-order valence-electron chi connectivity index (χ3n) is 3.81. The summed E-state index contributed by atoms with van der Waals surface area (Å²) >= 11 is 0. The molecule has 0 fully saturated rings. The summed E-state index contributed by atoms with van der Waals surface area (Å²) in [5, 5.41) is 0. The Morgan fingerprint density at radius 1 is 1.04 bits per heavy atom. The minimum atomic E-state index is -0.808. The largest absolute Gasteiger partial charge is 0.465 e. The van der Waals surface area contributed by atoms with Crippen molar-refractivity contribution in [3.05, 3.63) is 59.7 Å². The molecule has 1 aliphatic rings. The summed E-state index contributed by atoms with van der Waals surface area (Å²) in [5.41, 5.74) is 4.56. The van der Waals surface area contributed by atoms with Gasteiger partial charge in [-0.15, -0.1) is 0 Å². The molecule has 3 rings (SSSR count). The van der Waals surface area contributed by atoms with E-state index in [1.54, 1.807) is 0 Å². The van der Waals surface area contributed by atoms with E-state index in [4.69, 9.17) is 4.74 Å². The molecule has 0 atom stereocenters. The topological polar surface area (TPSA) is 65.0 Å². The van der Waals surface area contributed by atoms with E-state index in [2.05, 4.69) is 21.9 Å². The Labute approximate surface area is 133 Å². The number of fused-ring (bicyclic) bond motifs is 3. The van der Waals surface area contributed by atoms with Gasteiger partial charge in [0.15, 0.2) is 0 Å². The second kappa shape index (κ2) is 6.44. The Kier molecular flexibility index (Phi) is 4.19. The predicted octanol–water partition coefficient (Wildman–Crippen LogP) is 3.18. The summed E-state index contributed by atoms with van der Waals surface area (Å²) < 4.78 is 9.57. The number of rotatable bonds is 3. The Bertz CT molecular complexity index is 737. The summed E-state index contributed by atoms with van der Waals surface area (Å²) in [7, 11) is 1.21. The molecule has 2 aromatic rings. The highest BCUT2D eigenvalue weighted by Gasteiger charge is 2.28. The van der Waals surface area contributed by atoms with E-state index < -0.39 is 12.1 Å². The molecule has 116 valence electrons. The molecule has 0 aromatic heterocycles. The van der Waals surface area contributed by atoms with Gasteiger partial charge in [0.05, 0.1) is 7.11 Å². The molecule has 1 aliphatic carbocycles. The maximum atomic E-state index is 11.6. The van der Waals surface area contributed by atoms with Gasteiger partial charge in [-0.3, -0.25) is 0 Å². The Balaban J connectivity index is 1.77. The number of hydrogen-bond donors (Lipinski definition) is 0. The van der Waals surface area contributed by atoms with Gasteiger partial charge < -0.3 is 9.47 Å². The highest BCUT2D eigenvalue weighted by molar-refractivity contribution is 6.24. The number of carbonyl (C=O) groups is 2.